The van der Waals surface area contributed by atoms with Crippen molar-refractivity contribution < 1.29 is 21.6 Å². The van der Waals surface area contributed by atoms with E-state index in [1.807, 2.05) is 0 Å². The molecule has 1 aromatic heterocycles. The van der Waals surface area contributed by atoms with Gasteiger partial charge in [0.1, 0.15) is 10.6 Å². The van der Waals surface area contributed by atoms with Gasteiger partial charge >= 0.3 is 0 Å². The van der Waals surface area contributed by atoms with Gasteiger partial charge in [0, 0.05) is 11.6 Å². The lowest BCUT2D eigenvalue weighted by molar-refractivity contribution is 0.402. The highest BCUT2D eigenvalue weighted by Gasteiger charge is 2.19. The quantitative estimate of drug-likeness (QED) is 0.829. The molecule has 8 heteroatoms. The second kappa shape index (κ2) is 5.78. The number of hydrogen-bond donors (Lipinski definition) is 0. The normalized spacial score (nSPS) is 12.3. The van der Waals surface area contributed by atoms with Crippen LogP contribution in [-0.2, 0) is 25.4 Å². The van der Waals surface area contributed by atoms with Crippen molar-refractivity contribution in [3.05, 3.63) is 40.6 Å². The Morgan fingerprint density at radius 3 is 2.38 bits per heavy atom. The first-order valence-corrected chi connectivity index (χ1v) is 10.3. The van der Waals surface area contributed by atoms with Crippen LogP contribution >= 0.6 is 11.3 Å². The van der Waals surface area contributed by atoms with Gasteiger partial charge in [0.2, 0.25) is 0 Å². The molecule has 1 heterocycles. The van der Waals surface area contributed by atoms with Gasteiger partial charge in [0.25, 0.3) is 0 Å². The van der Waals surface area contributed by atoms with Crippen molar-refractivity contribution in [2.45, 2.75) is 15.5 Å². The van der Waals surface area contributed by atoms with E-state index in [-0.39, 0.29) is 21.3 Å². The van der Waals surface area contributed by atoms with E-state index in [1.165, 1.54) is 36.6 Å². The first kappa shape index (κ1) is 16.0. The van der Waals surface area contributed by atoms with Crippen LogP contribution in [0.4, 0.5) is 0 Å². The highest BCUT2D eigenvalue weighted by Crippen LogP contribution is 2.27. The summed E-state index contributed by atoms with van der Waals surface area (Å²) in [5.74, 6) is -0.0508. The van der Waals surface area contributed by atoms with E-state index in [4.69, 9.17) is 4.74 Å². The summed E-state index contributed by atoms with van der Waals surface area (Å²) in [4.78, 5) is 0.229. The highest BCUT2D eigenvalue weighted by atomic mass is 32.2. The first-order chi connectivity index (χ1) is 9.74. The van der Waals surface area contributed by atoms with E-state index >= 15 is 0 Å². The molecule has 21 heavy (non-hydrogen) atoms. The Kier molecular flexibility index (Phi) is 4.40. The SMILES string of the molecule is COc1ccc(CS(=O)(=O)c2ccsc2)cc1S(C)(=O)=O. The third-order valence-electron chi connectivity index (χ3n) is 2.84. The Bertz CT molecular complexity index is 834. The van der Waals surface area contributed by atoms with Crippen molar-refractivity contribution in [3.63, 3.8) is 0 Å². The largest absolute Gasteiger partial charge is 0.495 e. The van der Waals surface area contributed by atoms with E-state index < -0.39 is 19.7 Å². The third kappa shape index (κ3) is 3.63. The summed E-state index contributed by atoms with van der Waals surface area (Å²) >= 11 is 1.30. The van der Waals surface area contributed by atoms with Crippen LogP contribution in [-0.4, -0.2) is 30.2 Å². The molecule has 0 spiro atoms. The number of sulfone groups is 2. The lowest BCUT2D eigenvalue weighted by Crippen LogP contribution is -2.06. The zero-order valence-corrected chi connectivity index (χ0v) is 13.9. The molecule has 2 aromatic rings. The highest BCUT2D eigenvalue weighted by molar-refractivity contribution is 7.91. The molecule has 114 valence electrons. The molecule has 0 N–H and O–H groups in total. The Hall–Kier alpha value is -1.38. The third-order valence-corrected chi connectivity index (χ3v) is 6.47. The standard InChI is InChI=1S/C13H14O5S3/c1-18-12-4-3-10(7-13(12)20(2,14)15)9-21(16,17)11-5-6-19-8-11/h3-8H,9H2,1-2H3. The monoisotopic (exact) mass is 346 g/mol. The number of hydrogen-bond acceptors (Lipinski definition) is 6. The van der Waals surface area contributed by atoms with Gasteiger partial charge in [-0.05, 0) is 29.1 Å². The number of thiophene rings is 1. The van der Waals surface area contributed by atoms with E-state index in [2.05, 4.69) is 0 Å². The Morgan fingerprint density at radius 2 is 1.86 bits per heavy atom. The second-order valence-electron chi connectivity index (χ2n) is 4.48. The maximum Gasteiger partial charge on any atom is 0.183 e. The van der Waals surface area contributed by atoms with Gasteiger partial charge in [-0.25, -0.2) is 16.8 Å². The van der Waals surface area contributed by atoms with Crippen molar-refractivity contribution in [1.82, 2.24) is 0 Å². The molecule has 0 saturated heterocycles. The van der Waals surface area contributed by atoms with Gasteiger partial charge < -0.3 is 4.74 Å². The number of methoxy groups -OCH3 is 1. The topological polar surface area (TPSA) is 77.5 Å². The maximum atomic E-state index is 12.2. The van der Waals surface area contributed by atoms with Crippen molar-refractivity contribution >= 4 is 31.0 Å². The number of rotatable bonds is 5. The first-order valence-electron chi connectivity index (χ1n) is 5.86. The van der Waals surface area contributed by atoms with Crippen molar-refractivity contribution in [2.24, 2.45) is 0 Å². The lowest BCUT2D eigenvalue weighted by atomic mass is 10.2. The molecule has 2 rings (SSSR count). The average Bonchev–Trinajstić information content (AvgIpc) is 2.92. The van der Waals surface area contributed by atoms with E-state index in [0.29, 0.717) is 5.56 Å². The molecule has 0 fully saturated rings. The van der Waals surface area contributed by atoms with Crippen LogP contribution in [0, 0.1) is 0 Å². The summed E-state index contributed by atoms with van der Waals surface area (Å²) in [6, 6.07) is 5.89. The van der Waals surface area contributed by atoms with Crippen molar-refractivity contribution in [2.75, 3.05) is 13.4 Å². The molecule has 5 nitrogen and oxygen atoms in total. The number of benzene rings is 1. The van der Waals surface area contributed by atoms with Gasteiger partial charge in [-0.1, -0.05) is 6.07 Å². The molecule has 0 aliphatic rings. The zero-order valence-electron chi connectivity index (χ0n) is 11.4. The predicted molar refractivity (Wildman–Crippen MR) is 81.3 cm³/mol. The van der Waals surface area contributed by atoms with Gasteiger partial charge in [0.05, 0.1) is 17.8 Å². The number of ether oxygens (including phenoxy) is 1. The minimum Gasteiger partial charge on any atom is -0.495 e. The average molecular weight is 346 g/mol. The summed E-state index contributed by atoms with van der Waals surface area (Å²) in [6.45, 7) is 0. The molecule has 0 atom stereocenters. The van der Waals surface area contributed by atoms with E-state index in [9.17, 15) is 16.8 Å². The summed E-state index contributed by atoms with van der Waals surface area (Å²) in [6.07, 6.45) is 1.06. The summed E-state index contributed by atoms with van der Waals surface area (Å²) in [7, 11) is -5.61. The van der Waals surface area contributed by atoms with Crippen molar-refractivity contribution in [3.8, 4) is 5.75 Å². The second-order valence-corrected chi connectivity index (χ2v) is 9.23. The van der Waals surface area contributed by atoms with Crippen LogP contribution in [0.3, 0.4) is 0 Å². The summed E-state index contributed by atoms with van der Waals surface area (Å²) in [5.41, 5.74) is 0.405. The summed E-state index contributed by atoms with van der Waals surface area (Å²) in [5, 5.41) is 3.24. The maximum absolute atomic E-state index is 12.2. The van der Waals surface area contributed by atoms with Gasteiger partial charge in [-0.2, -0.15) is 11.3 Å². The van der Waals surface area contributed by atoms with Crippen LogP contribution in [0.15, 0.2) is 44.8 Å². The minimum atomic E-state index is -3.50. The Morgan fingerprint density at radius 1 is 1.14 bits per heavy atom. The van der Waals surface area contributed by atoms with Crippen molar-refractivity contribution in [1.29, 1.82) is 0 Å². The molecule has 0 aliphatic carbocycles. The smallest absolute Gasteiger partial charge is 0.183 e. The lowest BCUT2D eigenvalue weighted by Gasteiger charge is -2.09. The zero-order chi connectivity index (χ0) is 15.7. The minimum absolute atomic E-state index is 0.0111. The summed E-state index contributed by atoms with van der Waals surface area (Å²) < 4.78 is 52.9. The van der Waals surface area contributed by atoms with Crippen LogP contribution in [0.1, 0.15) is 5.56 Å². The molecule has 0 saturated carbocycles. The van der Waals surface area contributed by atoms with Gasteiger partial charge in [-0.15, -0.1) is 0 Å². The van der Waals surface area contributed by atoms with Crippen LogP contribution < -0.4 is 4.74 Å². The van der Waals surface area contributed by atoms with Gasteiger partial charge in [-0.3, -0.25) is 0 Å². The molecule has 0 aliphatic heterocycles. The van der Waals surface area contributed by atoms with Crippen LogP contribution in [0.25, 0.3) is 0 Å². The fourth-order valence-corrected chi connectivity index (χ4v) is 5.13. The molecular weight excluding hydrogens is 332 g/mol. The molecule has 1 aromatic carbocycles. The fourth-order valence-electron chi connectivity index (χ4n) is 1.83. The van der Waals surface area contributed by atoms with Gasteiger partial charge in [0.15, 0.2) is 19.7 Å². The molecule has 0 unspecified atom stereocenters. The molecular formula is C13H14O5S3. The molecule has 0 radical (unpaired) electrons. The van der Waals surface area contributed by atoms with Crippen LogP contribution in [0.5, 0.6) is 5.75 Å². The molecule has 0 bridgehead atoms. The molecule has 0 amide bonds. The predicted octanol–water partition coefficient (Wildman–Crippen LogP) is 2.13. The fraction of sp³-hybridized carbons (Fsp3) is 0.231. The van der Waals surface area contributed by atoms with E-state index in [0.717, 1.165) is 6.26 Å². The Labute approximate surface area is 128 Å². The van der Waals surface area contributed by atoms with E-state index in [1.54, 1.807) is 16.8 Å². The Balaban J connectivity index is 2.43. The van der Waals surface area contributed by atoms with Crippen LogP contribution in [0.2, 0.25) is 0 Å².